The van der Waals surface area contributed by atoms with Crippen LogP contribution in [0.15, 0.2) is 78.0 Å². The van der Waals surface area contributed by atoms with Gasteiger partial charge in [0.1, 0.15) is 30.8 Å². The van der Waals surface area contributed by atoms with Gasteiger partial charge in [-0.15, -0.1) is 6.58 Å². The molecule has 2 aromatic carbocycles. The smallest absolute Gasteiger partial charge is 0.410 e. The highest BCUT2D eigenvalue weighted by molar-refractivity contribution is 6.02. The number of carbonyl (C=O) groups excluding carboxylic acids is 1. The fourth-order valence-electron chi connectivity index (χ4n) is 9.27. The van der Waals surface area contributed by atoms with Gasteiger partial charge in [-0.3, -0.25) is 4.90 Å². The number of allylic oxidation sites excluding steroid dienone is 1. The Hall–Kier alpha value is -3.94. The zero-order chi connectivity index (χ0) is 39.6. The number of amides is 1. The summed E-state index contributed by atoms with van der Waals surface area (Å²) in [7, 11) is 1.74. The van der Waals surface area contributed by atoms with Crippen molar-refractivity contribution in [2.24, 2.45) is 22.9 Å². The minimum absolute atomic E-state index is 0.115. The second-order valence-electron chi connectivity index (χ2n) is 16.0. The Morgan fingerprint density at radius 1 is 1.07 bits per heavy atom. The van der Waals surface area contributed by atoms with Crippen LogP contribution in [0.25, 0.3) is 0 Å². The lowest BCUT2D eigenvalue weighted by molar-refractivity contribution is -0.254. The zero-order valence-corrected chi connectivity index (χ0v) is 33.5. The van der Waals surface area contributed by atoms with Gasteiger partial charge in [-0.25, -0.2) is 4.79 Å². The Kier molecular flexibility index (Phi) is 14.2. The maximum Gasteiger partial charge on any atom is 0.410 e. The van der Waals surface area contributed by atoms with Crippen molar-refractivity contribution in [3.63, 3.8) is 0 Å². The standard InChI is InChI=1S/C45H61N3O9/c1-3-25-55-45-40(47(2)44(51)54-31-32-13-5-4-6-14-32)30-38(46-57-41-17-9-12-26-53-41)36-28-33(15-7-10-23-49)35(16-8-11-24-50)42(43(36)45)37-29-34(18-19-39(37)56-45)52-27-22-48-20-21-48/h3-6,13-14,18-19,28-29,33,35,40-43,49-50H,1,7-12,15-17,20-27,30-31H2,2H3/t33-,35+,40-,41?,42+,43+,45+/m0/s1. The molecule has 57 heavy (non-hydrogen) atoms. The molecule has 2 aromatic rings. The average molecular weight is 788 g/mol. The van der Waals surface area contributed by atoms with Crippen molar-refractivity contribution >= 4 is 11.8 Å². The number of aliphatic hydroxyl groups excluding tert-OH is 2. The number of fused-ring (bicyclic) bond motifs is 2. The summed E-state index contributed by atoms with van der Waals surface area (Å²) in [6.45, 7) is 8.86. The highest BCUT2D eigenvalue weighted by Crippen LogP contribution is 2.61. The average Bonchev–Trinajstić information content (AvgIpc) is 4.07. The number of rotatable bonds is 20. The third-order valence-electron chi connectivity index (χ3n) is 12.2. The lowest BCUT2D eigenvalue weighted by atomic mass is 9.55. The number of hydrogen-bond donors (Lipinski definition) is 2. The fraction of sp³-hybridized carbons (Fsp3) is 0.600. The minimum atomic E-state index is -1.36. The second kappa shape index (κ2) is 19.7. The van der Waals surface area contributed by atoms with E-state index in [2.05, 4.69) is 23.6 Å². The van der Waals surface area contributed by atoms with E-state index in [9.17, 15) is 15.0 Å². The van der Waals surface area contributed by atoms with Crippen LogP contribution < -0.4 is 9.47 Å². The van der Waals surface area contributed by atoms with Crippen molar-refractivity contribution in [1.29, 1.82) is 0 Å². The van der Waals surface area contributed by atoms with Crippen LogP contribution in [-0.2, 0) is 25.7 Å². The molecule has 5 aliphatic rings. The second-order valence-corrected chi connectivity index (χ2v) is 16.0. The van der Waals surface area contributed by atoms with Gasteiger partial charge in [-0.2, -0.15) is 0 Å². The van der Waals surface area contributed by atoms with Crippen LogP contribution in [0.1, 0.15) is 81.3 Å². The van der Waals surface area contributed by atoms with Crippen LogP contribution in [0.4, 0.5) is 4.79 Å². The number of hydrogen-bond acceptors (Lipinski definition) is 11. The summed E-state index contributed by atoms with van der Waals surface area (Å²) < 4.78 is 32.5. The number of aliphatic hydroxyl groups is 2. The van der Waals surface area contributed by atoms with Crippen LogP contribution in [-0.4, -0.2) is 110 Å². The molecule has 3 fully saturated rings. The molecule has 12 nitrogen and oxygen atoms in total. The van der Waals surface area contributed by atoms with Crippen molar-refractivity contribution in [1.82, 2.24) is 9.80 Å². The Bertz CT molecular complexity index is 1690. The van der Waals surface area contributed by atoms with Gasteiger partial charge in [-0.1, -0.05) is 60.5 Å². The van der Waals surface area contributed by atoms with Gasteiger partial charge in [0.2, 0.25) is 12.1 Å². The van der Waals surface area contributed by atoms with E-state index in [1.807, 2.05) is 42.5 Å². The molecule has 2 N–H and O–H groups in total. The number of ether oxygens (including phenoxy) is 5. The molecule has 3 heterocycles. The summed E-state index contributed by atoms with van der Waals surface area (Å²) in [6.07, 6.45) is 10.9. The molecule has 0 spiro atoms. The van der Waals surface area contributed by atoms with E-state index >= 15 is 0 Å². The molecule has 0 aromatic heterocycles. The van der Waals surface area contributed by atoms with Gasteiger partial charge in [0, 0.05) is 64.2 Å². The number of oxime groups is 1. The van der Waals surface area contributed by atoms with Gasteiger partial charge in [0.25, 0.3) is 0 Å². The van der Waals surface area contributed by atoms with Crippen molar-refractivity contribution in [3.05, 3.63) is 84.0 Å². The van der Waals surface area contributed by atoms with E-state index < -0.39 is 30.1 Å². The summed E-state index contributed by atoms with van der Waals surface area (Å²) in [5.41, 5.74) is 3.62. The summed E-state index contributed by atoms with van der Waals surface area (Å²) >= 11 is 0. The molecule has 0 bridgehead atoms. The van der Waals surface area contributed by atoms with E-state index in [0.29, 0.717) is 31.8 Å². The summed E-state index contributed by atoms with van der Waals surface area (Å²) in [5.74, 6) is -0.202. The highest BCUT2D eigenvalue weighted by Gasteiger charge is 2.65. The predicted octanol–water partition coefficient (Wildman–Crippen LogP) is 6.81. The SMILES string of the molecule is C=CCO[C@@]12Oc3ccc(OCCN4CC4)cc3[C@H]3[C@H](CCCCO)[C@@H](CCCCO)C=C(C(=NOC4CCCCO4)C[C@@H]1N(C)C(=O)OCc1ccccc1)[C@H]32. The Labute approximate surface area is 337 Å². The molecule has 1 amide bonds. The number of carbonyl (C=O) groups is 1. The number of unbranched alkanes of at least 4 members (excludes halogenated alkanes) is 2. The van der Waals surface area contributed by atoms with Crippen LogP contribution in [0, 0.1) is 17.8 Å². The summed E-state index contributed by atoms with van der Waals surface area (Å²) in [6, 6.07) is 15.0. The van der Waals surface area contributed by atoms with Gasteiger partial charge in [0.15, 0.2) is 0 Å². The first-order chi connectivity index (χ1) is 28.0. The molecular formula is C45H61N3O9. The van der Waals surface area contributed by atoms with E-state index in [4.69, 9.17) is 33.7 Å². The van der Waals surface area contributed by atoms with E-state index in [-0.39, 0.29) is 50.6 Å². The first-order valence-electron chi connectivity index (χ1n) is 21.1. The van der Waals surface area contributed by atoms with Gasteiger partial charge in [-0.05, 0) is 79.7 Å². The van der Waals surface area contributed by atoms with E-state index in [1.165, 1.54) is 0 Å². The number of likely N-dealkylation sites (N-methyl/N-ethyl adjacent to an activating group) is 1. The molecule has 1 unspecified atom stereocenters. The minimum Gasteiger partial charge on any atom is -0.492 e. The lowest BCUT2D eigenvalue weighted by Crippen LogP contribution is -2.69. The van der Waals surface area contributed by atoms with Crippen LogP contribution in [0.5, 0.6) is 11.5 Å². The molecule has 310 valence electrons. The Morgan fingerprint density at radius 3 is 2.61 bits per heavy atom. The van der Waals surface area contributed by atoms with Crippen molar-refractivity contribution in [2.75, 3.05) is 59.7 Å². The topological polar surface area (TPSA) is 132 Å². The van der Waals surface area contributed by atoms with E-state index in [0.717, 1.165) is 92.7 Å². The predicted molar refractivity (Wildman–Crippen MR) is 216 cm³/mol. The Balaban J connectivity index is 1.35. The third-order valence-corrected chi connectivity index (χ3v) is 12.2. The molecular weight excluding hydrogens is 727 g/mol. The van der Waals surface area contributed by atoms with Gasteiger partial charge >= 0.3 is 6.09 Å². The first-order valence-corrected chi connectivity index (χ1v) is 21.1. The number of nitrogens with zero attached hydrogens (tertiary/aromatic N) is 3. The summed E-state index contributed by atoms with van der Waals surface area (Å²) in [4.78, 5) is 24.3. The summed E-state index contributed by atoms with van der Waals surface area (Å²) in [5, 5.41) is 24.6. The first kappa shape index (κ1) is 41.2. The van der Waals surface area contributed by atoms with Gasteiger partial charge < -0.3 is 43.6 Å². The fourth-order valence-corrected chi connectivity index (χ4v) is 9.27. The molecule has 3 aliphatic heterocycles. The molecule has 12 heteroatoms. The third kappa shape index (κ3) is 9.69. The monoisotopic (exact) mass is 787 g/mol. The van der Waals surface area contributed by atoms with Crippen molar-refractivity contribution < 1.29 is 43.5 Å². The molecule has 7 rings (SSSR count). The molecule has 2 saturated heterocycles. The zero-order valence-electron chi connectivity index (χ0n) is 33.5. The van der Waals surface area contributed by atoms with Crippen LogP contribution in [0.3, 0.4) is 0 Å². The molecule has 0 radical (unpaired) electrons. The normalized spacial score (nSPS) is 28.3. The van der Waals surface area contributed by atoms with Gasteiger partial charge in [0.05, 0.1) is 24.8 Å². The Morgan fingerprint density at radius 2 is 1.88 bits per heavy atom. The van der Waals surface area contributed by atoms with Crippen LogP contribution in [0.2, 0.25) is 0 Å². The maximum absolute atomic E-state index is 14.1. The number of benzene rings is 2. The van der Waals surface area contributed by atoms with E-state index in [1.54, 1.807) is 18.0 Å². The largest absolute Gasteiger partial charge is 0.492 e. The molecule has 1 saturated carbocycles. The highest BCUT2D eigenvalue weighted by atomic mass is 16.8. The maximum atomic E-state index is 14.1. The van der Waals surface area contributed by atoms with Crippen LogP contribution >= 0.6 is 0 Å². The van der Waals surface area contributed by atoms with Crippen molar-refractivity contribution in [3.8, 4) is 11.5 Å². The quantitative estimate of drug-likeness (QED) is 0.0639. The van der Waals surface area contributed by atoms with Crippen molar-refractivity contribution in [2.45, 2.75) is 94.9 Å². The molecule has 7 atom stereocenters. The lowest BCUT2D eigenvalue weighted by Gasteiger charge is -2.59. The molecule has 2 aliphatic carbocycles.